The minimum atomic E-state index is 0.0686. The maximum absolute atomic E-state index is 13.3. The number of nitrogens with one attached hydrogen (secondary N) is 2. The normalized spacial score (nSPS) is 15.1. The first-order valence-electron chi connectivity index (χ1n) is 10.9. The molecular formula is C22H23N9OS. The molecule has 2 N–H and O–H groups in total. The number of fused-ring (bicyclic) bond motifs is 3. The molecule has 1 fully saturated rings. The van der Waals surface area contributed by atoms with Crippen LogP contribution in [0.5, 0.6) is 0 Å². The molecule has 0 aliphatic heterocycles. The fourth-order valence-corrected chi connectivity index (χ4v) is 5.50. The zero-order valence-electron chi connectivity index (χ0n) is 18.4. The highest BCUT2D eigenvalue weighted by molar-refractivity contribution is 7.19. The number of hydrogen-bond acceptors (Lipinski definition) is 8. The van der Waals surface area contributed by atoms with Gasteiger partial charge in [0.2, 0.25) is 5.82 Å². The Bertz CT molecular complexity index is 1390. The summed E-state index contributed by atoms with van der Waals surface area (Å²) in [5.41, 5.74) is 3.67. The van der Waals surface area contributed by atoms with Gasteiger partial charge in [-0.25, -0.2) is 4.98 Å². The summed E-state index contributed by atoms with van der Waals surface area (Å²) in [7, 11) is 1.92. The van der Waals surface area contributed by atoms with Gasteiger partial charge in [0.25, 0.3) is 5.91 Å². The second-order valence-electron chi connectivity index (χ2n) is 8.21. The molecule has 1 aromatic carbocycles. The van der Waals surface area contributed by atoms with E-state index in [-0.39, 0.29) is 17.3 Å². The Morgan fingerprint density at radius 1 is 1.36 bits per heavy atom. The Kier molecular flexibility index (Phi) is 5.51. The number of carbonyl (C=O) groups is 1. The smallest absolute Gasteiger partial charge is 0.265 e. The molecule has 0 atom stereocenters. The lowest BCUT2D eigenvalue weighted by Gasteiger charge is -2.31. The van der Waals surface area contributed by atoms with E-state index >= 15 is 0 Å². The minimum absolute atomic E-state index is 0.0686. The largest absolute Gasteiger partial charge is 0.360 e. The van der Waals surface area contributed by atoms with Crippen LogP contribution in [0, 0.1) is 18.3 Å². The number of amides is 1. The monoisotopic (exact) mass is 461 g/mol. The highest BCUT2D eigenvalue weighted by Crippen LogP contribution is 2.31. The molecule has 1 saturated carbocycles. The molecule has 3 heterocycles. The summed E-state index contributed by atoms with van der Waals surface area (Å²) in [5.74, 6) is 0.288. The van der Waals surface area contributed by atoms with Crippen molar-refractivity contribution in [2.45, 2.75) is 45.1 Å². The van der Waals surface area contributed by atoms with Crippen LogP contribution < -0.4 is 5.32 Å². The summed E-state index contributed by atoms with van der Waals surface area (Å²) in [6.45, 7) is 1.97. The van der Waals surface area contributed by atoms with Crippen LogP contribution in [0.4, 0.5) is 5.69 Å². The van der Waals surface area contributed by atoms with Gasteiger partial charge in [0.15, 0.2) is 4.96 Å². The first-order valence-corrected chi connectivity index (χ1v) is 11.7. The van der Waals surface area contributed by atoms with E-state index in [9.17, 15) is 10.1 Å². The molecule has 10 nitrogen and oxygen atoms in total. The van der Waals surface area contributed by atoms with Gasteiger partial charge in [-0.15, -0.1) is 10.2 Å². The number of anilines is 1. The van der Waals surface area contributed by atoms with E-state index in [4.69, 9.17) is 4.98 Å². The van der Waals surface area contributed by atoms with Gasteiger partial charge in [-0.05, 0) is 43.2 Å². The first kappa shape index (κ1) is 21.1. The maximum Gasteiger partial charge on any atom is 0.265 e. The molecule has 5 rings (SSSR count). The molecule has 168 valence electrons. The topological polar surface area (TPSA) is 128 Å². The summed E-state index contributed by atoms with van der Waals surface area (Å²) in [5, 5.41) is 26.0. The van der Waals surface area contributed by atoms with Crippen LogP contribution in [0.1, 0.15) is 53.3 Å². The van der Waals surface area contributed by atoms with Crippen LogP contribution in [-0.2, 0) is 0 Å². The number of H-pyrrole nitrogens is 1. The predicted molar refractivity (Wildman–Crippen MR) is 126 cm³/mol. The van der Waals surface area contributed by atoms with Crippen molar-refractivity contribution in [2.75, 3.05) is 12.4 Å². The predicted octanol–water partition coefficient (Wildman–Crippen LogP) is 3.75. The van der Waals surface area contributed by atoms with Gasteiger partial charge in [0, 0.05) is 30.7 Å². The summed E-state index contributed by atoms with van der Waals surface area (Å²) in [6.07, 6.45) is 7.31. The standard InChI is InChI=1S/C22H23N9OS/c1-13-19(21(32)30(2)16-6-4-3-5-7-16)33-22-25-17-9-8-15(10-18(17)31(13)22)24-12-14(11-23)20-26-28-29-27-20/h8-10,12,16,24H,3-7H2,1-2H3,(H,26,27,28,29). The Labute approximate surface area is 193 Å². The number of carbonyl (C=O) groups excluding carboxylic acids is 1. The number of benzene rings is 1. The minimum Gasteiger partial charge on any atom is -0.360 e. The third-order valence-corrected chi connectivity index (χ3v) is 7.34. The van der Waals surface area contributed by atoms with Crippen LogP contribution in [0.3, 0.4) is 0 Å². The highest BCUT2D eigenvalue weighted by Gasteiger charge is 2.27. The SMILES string of the molecule is Cc1c(C(=O)N(C)C2CCCCC2)sc2nc3ccc(NC=C(C#N)c4nn[nH]n4)cc3n12. The average Bonchev–Trinajstić information content (AvgIpc) is 3.56. The van der Waals surface area contributed by atoms with Gasteiger partial charge in [-0.2, -0.15) is 10.5 Å². The van der Waals surface area contributed by atoms with E-state index in [1.165, 1.54) is 30.6 Å². The highest BCUT2D eigenvalue weighted by atomic mass is 32.1. The van der Waals surface area contributed by atoms with Gasteiger partial charge in [0.1, 0.15) is 16.5 Å². The number of tetrazole rings is 1. The summed E-state index contributed by atoms with van der Waals surface area (Å²) in [6, 6.07) is 8.13. The van der Waals surface area contributed by atoms with Crippen molar-refractivity contribution in [1.29, 1.82) is 5.26 Å². The molecule has 0 radical (unpaired) electrons. The number of hydrogen-bond donors (Lipinski definition) is 2. The Morgan fingerprint density at radius 2 is 2.18 bits per heavy atom. The molecule has 0 spiro atoms. The number of nitriles is 1. The van der Waals surface area contributed by atoms with Gasteiger partial charge < -0.3 is 10.2 Å². The molecule has 0 unspecified atom stereocenters. The first-order chi connectivity index (χ1) is 16.1. The molecular weight excluding hydrogens is 438 g/mol. The number of aromatic amines is 1. The lowest BCUT2D eigenvalue weighted by atomic mass is 9.94. The molecule has 1 aliphatic carbocycles. The lowest BCUT2D eigenvalue weighted by Crippen LogP contribution is -2.38. The molecule has 0 saturated heterocycles. The summed E-state index contributed by atoms with van der Waals surface area (Å²) >= 11 is 1.43. The Morgan fingerprint density at radius 3 is 2.91 bits per heavy atom. The number of nitrogens with zero attached hydrogens (tertiary/aromatic N) is 7. The van der Waals surface area contributed by atoms with Crippen LogP contribution in [-0.4, -0.2) is 53.9 Å². The van der Waals surface area contributed by atoms with E-state index in [0.717, 1.165) is 45.1 Å². The second kappa shape index (κ2) is 8.63. The van der Waals surface area contributed by atoms with E-state index in [2.05, 4.69) is 32.0 Å². The number of imidazole rings is 1. The van der Waals surface area contributed by atoms with Crippen molar-refractivity contribution < 1.29 is 4.79 Å². The molecule has 3 aromatic heterocycles. The van der Waals surface area contributed by atoms with E-state index < -0.39 is 0 Å². The lowest BCUT2D eigenvalue weighted by molar-refractivity contribution is 0.0700. The Hall–Kier alpha value is -3.78. The maximum atomic E-state index is 13.3. The van der Waals surface area contributed by atoms with Crippen LogP contribution in [0.25, 0.3) is 21.6 Å². The zero-order chi connectivity index (χ0) is 22.9. The number of aromatic nitrogens is 6. The molecule has 1 aliphatic rings. The van der Waals surface area contributed by atoms with Crippen molar-refractivity contribution >= 4 is 44.5 Å². The summed E-state index contributed by atoms with van der Waals surface area (Å²) in [4.78, 5) is 21.4. The van der Waals surface area contributed by atoms with Gasteiger partial charge in [-0.1, -0.05) is 30.6 Å². The van der Waals surface area contributed by atoms with E-state index in [0.29, 0.717) is 6.04 Å². The van der Waals surface area contributed by atoms with E-state index in [1.807, 2.05) is 41.5 Å². The average molecular weight is 462 g/mol. The van der Waals surface area contributed by atoms with E-state index in [1.54, 1.807) is 6.20 Å². The number of aryl methyl sites for hydroxylation is 1. The van der Waals surface area contributed by atoms with Crippen molar-refractivity contribution in [3.8, 4) is 6.07 Å². The number of rotatable bonds is 5. The Balaban J connectivity index is 1.46. The number of allylic oxidation sites excluding steroid dienone is 1. The van der Waals surface area contributed by atoms with Gasteiger partial charge in [0.05, 0.1) is 11.0 Å². The molecule has 33 heavy (non-hydrogen) atoms. The van der Waals surface area contributed by atoms with Crippen molar-refractivity contribution in [2.24, 2.45) is 0 Å². The fourth-order valence-electron chi connectivity index (χ4n) is 4.37. The molecule has 1 amide bonds. The summed E-state index contributed by atoms with van der Waals surface area (Å²) < 4.78 is 2.03. The fraction of sp³-hybridized carbons (Fsp3) is 0.364. The zero-order valence-corrected chi connectivity index (χ0v) is 19.2. The van der Waals surface area contributed by atoms with Crippen molar-refractivity contribution in [3.05, 3.63) is 40.8 Å². The quantitative estimate of drug-likeness (QED) is 0.433. The van der Waals surface area contributed by atoms with Crippen molar-refractivity contribution in [1.82, 2.24) is 34.9 Å². The van der Waals surface area contributed by atoms with Crippen LogP contribution in [0.15, 0.2) is 24.4 Å². The van der Waals surface area contributed by atoms with Gasteiger partial charge >= 0.3 is 0 Å². The van der Waals surface area contributed by atoms with Crippen LogP contribution >= 0.6 is 11.3 Å². The van der Waals surface area contributed by atoms with Crippen molar-refractivity contribution in [3.63, 3.8) is 0 Å². The third kappa shape index (κ3) is 3.82. The van der Waals surface area contributed by atoms with Crippen LogP contribution in [0.2, 0.25) is 0 Å². The molecule has 11 heteroatoms. The van der Waals surface area contributed by atoms with Gasteiger partial charge in [-0.3, -0.25) is 9.20 Å². The third-order valence-electron chi connectivity index (χ3n) is 6.21. The second-order valence-corrected chi connectivity index (χ2v) is 9.18. The number of thiazole rings is 1. The molecule has 4 aromatic rings. The molecule has 0 bridgehead atoms.